The van der Waals surface area contributed by atoms with Crippen molar-refractivity contribution in [3.8, 4) is 0 Å². The molecule has 0 radical (unpaired) electrons. The third kappa shape index (κ3) is 4.03. The molecule has 4 nitrogen and oxygen atoms in total. The molecule has 1 amide bonds. The van der Waals surface area contributed by atoms with E-state index < -0.39 is 0 Å². The Balaban J connectivity index is 1.59. The minimum absolute atomic E-state index is 0.221. The van der Waals surface area contributed by atoms with Crippen molar-refractivity contribution >= 4 is 17.7 Å². The van der Waals surface area contributed by atoms with E-state index in [0.717, 1.165) is 25.9 Å². The topological polar surface area (TPSA) is 58.4 Å². The fourth-order valence-electron chi connectivity index (χ4n) is 3.46. The van der Waals surface area contributed by atoms with Crippen molar-refractivity contribution in [2.24, 2.45) is 5.73 Å². The fourth-order valence-corrected chi connectivity index (χ4v) is 4.54. The van der Waals surface area contributed by atoms with Crippen molar-refractivity contribution in [2.45, 2.75) is 42.7 Å². The number of fused-ring (bicyclic) bond motifs is 1. The Labute approximate surface area is 136 Å². The number of amides is 1. The highest BCUT2D eigenvalue weighted by atomic mass is 32.2. The van der Waals surface area contributed by atoms with Gasteiger partial charge in [-0.05, 0) is 43.1 Å². The van der Waals surface area contributed by atoms with Crippen LogP contribution in [0.3, 0.4) is 0 Å². The van der Waals surface area contributed by atoms with Crippen LogP contribution in [0.1, 0.15) is 37.3 Å². The quantitative estimate of drug-likeness (QED) is 0.893. The van der Waals surface area contributed by atoms with Crippen LogP contribution < -0.4 is 11.1 Å². The van der Waals surface area contributed by atoms with Gasteiger partial charge >= 0.3 is 0 Å². The molecule has 0 spiro atoms. The molecule has 5 heteroatoms. The van der Waals surface area contributed by atoms with E-state index in [9.17, 15) is 4.79 Å². The smallest absolute Gasteiger partial charge is 0.231 e. The molecule has 1 atom stereocenters. The predicted molar refractivity (Wildman–Crippen MR) is 90.9 cm³/mol. The second kappa shape index (κ2) is 7.49. The molecule has 0 aromatic heterocycles. The number of piperidine rings is 1. The number of likely N-dealkylation sites (tertiary alicyclic amines) is 1. The van der Waals surface area contributed by atoms with Gasteiger partial charge in [0.15, 0.2) is 0 Å². The maximum atomic E-state index is 11.0. The lowest BCUT2D eigenvalue weighted by molar-refractivity contribution is -0.119. The summed E-state index contributed by atoms with van der Waals surface area (Å²) in [5.41, 5.74) is 6.74. The summed E-state index contributed by atoms with van der Waals surface area (Å²) in [5.74, 6) is 0.993. The molecule has 1 saturated heterocycles. The van der Waals surface area contributed by atoms with Crippen molar-refractivity contribution in [3.63, 3.8) is 0 Å². The van der Waals surface area contributed by atoms with E-state index in [1.165, 1.54) is 29.1 Å². The maximum Gasteiger partial charge on any atom is 0.231 e. The van der Waals surface area contributed by atoms with Gasteiger partial charge in [0, 0.05) is 30.1 Å². The molecule has 0 aliphatic carbocycles. The molecule has 0 bridgehead atoms. The Bertz CT molecular complexity index is 514. The Morgan fingerprint density at radius 1 is 1.27 bits per heavy atom. The number of rotatable bonds is 4. The number of benzene rings is 1. The third-order valence-corrected chi connectivity index (χ3v) is 5.77. The van der Waals surface area contributed by atoms with E-state index >= 15 is 0 Å². The van der Waals surface area contributed by atoms with Crippen LogP contribution in [0, 0.1) is 0 Å². The van der Waals surface area contributed by atoms with Crippen LogP contribution in [0.4, 0.5) is 0 Å². The predicted octanol–water partition coefficient (Wildman–Crippen LogP) is 2.15. The van der Waals surface area contributed by atoms with E-state index in [-0.39, 0.29) is 5.91 Å². The largest absolute Gasteiger partial charge is 0.369 e. The standard InChI is InChI=1S/C17H25N3OS/c18-17(21)12-20-9-7-13(8-10-20)19-15-5-3-11-22-16-6-2-1-4-14(15)16/h1-2,4,6,13,15,19H,3,5,7-12H2,(H2,18,21)/t15-/m1/s1. The molecule has 1 aromatic carbocycles. The van der Waals surface area contributed by atoms with E-state index in [2.05, 4.69) is 34.5 Å². The highest BCUT2D eigenvalue weighted by Gasteiger charge is 2.25. The first kappa shape index (κ1) is 15.8. The first-order chi connectivity index (χ1) is 10.7. The Hall–Kier alpha value is -1.04. The fraction of sp³-hybridized carbons (Fsp3) is 0.588. The number of primary amides is 1. The highest BCUT2D eigenvalue weighted by molar-refractivity contribution is 7.99. The number of carbonyl (C=O) groups excluding carboxylic acids is 1. The zero-order valence-corrected chi connectivity index (χ0v) is 13.8. The number of nitrogens with one attached hydrogen (secondary N) is 1. The van der Waals surface area contributed by atoms with E-state index in [1.54, 1.807) is 0 Å². The molecular formula is C17H25N3OS. The molecule has 0 saturated carbocycles. The van der Waals surface area contributed by atoms with Gasteiger partial charge in [0.05, 0.1) is 6.54 Å². The average molecular weight is 319 g/mol. The molecule has 3 N–H and O–H groups in total. The van der Waals surface area contributed by atoms with Crippen molar-refractivity contribution in [2.75, 3.05) is 25.4 Å². The van der Waals surface area contributed by atoms with Gasteiger partial charge in [-0.1, -0.05) is 18.2 Å². The maximum absolute atomic E-state index is 11.0. The number of carbonyl (C=O) groups is 1. The van der Waals surface area contributed by atoms with Crippen LogP contribution in [-0.4, -0.2) is 42.2 Å². The Morgan fingerprint density at radius 3 is 2.82 bits per heavy atom. The van der Waals surface area contributed by atoms with Crippen molar-refractivity contribution in [3.05, 3.63) is 29.8 Å². The summed E-state index contributed by atoms with van der Waals surface area (Å²) in [4.78, 5) is 14.6. The molecule has 1 fully saturated rings. The molecule has 2 aliphatic heterocycles. The van der Waals surface area contributed by atoms with E-state index in [4.69, 9.17) is 5.73 Å². The van der Waals surface area contributed by atoms with Crippen LogP contribution in [0.2, 0.25) is 0 Å². The summed E-state index contributed by atoms with van der Waals surface area (Å²) < 4.78 is 0. The van der Waals surface area contributed by atoms with Crippen molar-refractivity contribution < 1.29 is 4.79 Å². The number of nitrogens with zero attached hydrogens (tertiary/aromatic N) is 1. The molecular weight excluding hydrogens is 294 g/mol. The van der Waals surface area contributed by atoms with Crippen LogP contribution in [0.25, 0.3) is 0 Å². The number of hydrogen-bond donors (Lipinski definition) is 2. The normalized spacial score (nSPS) is 23.7. The lowest BCUT2D eigenvalue weighted by atomic mass is 9.98. The first-order valence-electron chi connectivity index (χ1n) is 8.21. The van der Waals surface area contributed by atoms with Gasteiger partial charge in [0.25, 0.3) is 0 Å². The monoisotopic (exact) mass is 319 g/mol. The number of hydrogen-bond acceptors (Lipinski definition) is 4. The van der Waals surface area contributed by atoms with Crippen molar-refractivity contribution in [1.82, 2.24) is 10.2 Å². The Morgan fingerprint density at radius 2 is 2.05 bits per heavy atom. The Kier molecular flexibility index (Phi) is 5.39. The molecule has 1 aromatic rings. The molecule has 22 heavy (non-hydrogen) atoms. The van der Waals surface area contributed by atoms with Crippen LogP contribution in [0.5, 0.6) is 0 Å². The minimum atomic E-state index is -0.221. The summed E-state index contributed by atoms with van der Waals surface area (Å²) in [6, 6.07) is 9.82. The molecule has 2 heterocycles. The van der Waals surface area contributed by atoms with Crippen LogP contribution in [-0.2, 0) is 4.79 Å². The van der Waals surface area contributed by atoms with E-state index in [0.29, 0.717) is 18.6 Å². The summed E-state index contributed by atoms with van der Waals surface area (Å²) in [6.45, 7) is 2.32. The van der Waals surface area contributed by atoms with Crippen LogP contribution in [0.15, 0.2) is 29.2 Å². The summed E-state index contributed by atoms with van der Waals surface area (Å²) in [5, 5.41) is 3.87. The number of thioether (sulfide) groups is 1. The zero-order chi connectivity index (χ0) is 15.4. The lowest BCUT2D eigenvalue weighted by Gasteiger charge is -2.34. The zero-order valence-electron chi connectivity index (χ0n) is 13.0. The van der Waals surface area contributed by atoms with Gasteiger partial charge in [-0.2, -0.15) is 0 Å². The van der Waals surface area contributed by atoms with Crippen molar-refractivity contribution in [1.29, 1.82) is 0 Å². The highest BCUT2D eigenvalue weighted by Crippen LogP contribution is 2.35. The second-order valence-electron chi connectivity index (χ2n) is 6.26. The van der Waals surface area contributed by atoms with Gasteiger partial charge in [0.2, 0.25) is 5.91 Å². The second-order valence-corrected chi connectivity index (χ2v) is 7.40. The SMILES string of the molecule is NC(=O)CN1CCC(N[C@@H]2CCCSc3ccccc32)CC1. The van der Waals surface area contributed by atoms with Gasteiger partial charge in [0.1, 0.15) is 0 Å². The first-order valence-corrected chi connectivity index (χ1v) is 9.19. The molecule has 0 unspecified atom stereocenters. The van der Waals surface area contributed by atoms with Gasteiger partial charge in [-0.15, -0.1) is 11.8 Å². The van der Waals surface area contributed by atoms with Crippen LogP contribution >= 0.6 is 11.8 Å². The molecule has 120 valence electrons. The van der Waals surface area contributed by atoms with E-state index in [1.807, 2.05) is 11.8 Å². The number of nitrogens with two attached hydrogens (primary N) is 1. The molecule has 2 aliphatic rings. The van der Waals surface area contributed by atoms with Gasteiger partial charge in [-0.3, -0.25) is 9.69 Å². The average Bonchev–Trinajstić information content (AvgIpc) is 2.71. The lowest BCUT2D eigenvalue weighted by Crippen LogP contribution is -2.46. The molecule has 3 rings (SSSR count). The summed E-state index contributed by atoms with van der Waals surface area (Å²) in [6.07, 6.45) is 4.67. The minimum Gasteiger partial charge on any atom is -0.369 e. The third-order valence-electron chi connectivity index (χ3n) is 4.59. The summed E-state index contributed by atoms with van der Waals surface area (Å²) in [7, 11) is 0. The van der Waals surface area contributed by atoms with Gasteiger partial charge < -0.3 is 11.1 Å². The van der Waals surface area contributed by atoms with Gasteiger partial charge in [-0.25, -0.2) is 0 Å². The summed E-state index contributed by atoms with van der Waals surface area (Å²) >= 11 is 1.98.